The summed E-state index contributed by atoms with van der Waals surface area (Å²) in [4.78, 5) is 134. The molecule has 1 unspecified atom stereocenters. The third-order valence-corrected chi connectivity index (χ3v) is 12.1. The summed E-state index contributed by atoms with van der Waals surface area (Å²) in [6, 6.07) is 8.14. The maximum Gasteiger partial charge on any atom is 0.328 e. The lowest BCUT2D eigenvalue weighted by Gasteiger charge is -2.27. The summed E-state index contributed by atoms with van der Waals surface area (Å²) in [5.41, 5.74) is 14.7. The lowest BCUT2D eigenvalue weighted by Crippen LogP contribution is -2.54. The third-order valence-electron chi connectivity index (χ3n) is 12.1. The maximum atomic E-state index is 13.3. The van der Waals surface area contributed by atoms with Gasteiger partial charge in [-0.1, -0.05) is 31.7 Å². The first kappa shape index (κ1) is 53.0. The van der Waals surface area contributed by atoms with E-state index in [0.717, 1.165) is 63.3 Å². The molecule has 6 rings (SSSR count). The number of benzene rings is 2. The molecule has 4 aromatic rings. The number of nitrogens with two attached hydrogens (primary N) is 2. The zero-order valence-corrected chi connectivity index (χ0v) is 40.3. The van der Waals surface area contributed by atoms with Crippen molar-refractivity contribution in [1.82, 2.24) is 46.1 Å². The van der Waals surface area contributed by atoms with Gasteiger partial charge in [0.15, 0.2) is 17.0 Å². The van der Waals surface area contributed by atoms with E-state index in [-0.39, 0.29) is 78.5 Å². The second-order valence-electron chi connectivity index (χ2n) is 17.2. The fourth-order valence-corrected chi connectivity index (χ4v) is 8.26. The molecule has 9 N–H and O–H groups in total. The van der Waals surface area contributed by atoms with Crippen LogP contribution in [-0.2, 0) is 44.8 Å². The van der Waals surface area contributed by atoms with Crippen LogP contribution < -0.4 is 43.0 Å². The van der Waals surface area contributed by atoms with Crippen LogP contribution in [0.5, 0.6) is 0 Å². The fraction of sp³-hybridized carbons (Fsp3) is 0.438. The Balaban J connectivity index is 0.853. The van der Waals surface area contributed by atoms with E-state index in [2.05, 4.69) is 46.5 Å². The van der Waals surface area contributed by atoms with Crippen LogP contribution in [0, 0.1) is 0 Å². The van der Waals surface area contributed by atoms with Crippen molar-refractivity contribution < 1.29 is 52.6 Å². The molecule has 72 heavy (non-hydrogen) atoms. The van der Waals surface area contributed by atoms with Gasteiger partial charge in [-0.05, 0) is 68.5 Å². The normalized spacial score (nSPS) is 15.0. The molecule has 2 aromatic carbocycles. The molecule has 382 valence electrons. The van der Waals surface area contributed by atoms with Gasteiger partial charge < -0.3 is 47.1 Å². The number of methoxy groups -OCH3 is 2. The summed E-state index contributed by atoms with van der Waals surface area (Å²) in [7, 11) is 4.13. The van der Waals surface area contributed by atoms with Crippen LogP contribution in [-0.4, -0.2) is 131 Å². The van der Waals surface area contributed by atoms with Gasteiger partial charge in [0.05, 0.1) is 43.8 Å². The smallest absolute Gasteiger partial charge is 0.328 e. The average Bonchev–Trinajstić information content (AvgIpc) is 3.62. The highest BCUT2D eigenvalue weighted by molar-refractivity contribution is 6.25. The summed E-state index contributed by atoms with van der Waals surface area (Å²) in [6.45, 7) is 1.31. The molecular weight excluding hydrogens is 935 g/mol. The SMILES string of the molecule is COC(=O)[C@@H](CCC(=O)NCCCCCCCCNc1cccc2c1C(=O)N(C1CCC(=O)NC1=O)C2=O)NC(=O)CC[C@@H](NC(=O)c1ccc(N(C)Cc2cnc3nc(N)nc(N)c3n2)cc1)C(=O)OC. The van der Waals surface area contributed by atoms with Gasteiger partial charge >= 0.3 is 11.9 Å². The number of esters is 2. The number of fused-ring (bicyclic) bond motifs is 2. The molecule has 0 spiro atoms. The molecule has 2 aromatic heterocycles. The lowest BCUT2D eigenvalue weighted by molar-refractivity contribution is -0.146. The monoisotopic (exact) mass is 993 g/mol. The molecule has 3 atom stereocenters. The van der Waals surface area contributed by atoms with Crippen molar-refractivity contribution in [1.29, 1.82) is 0 Å². The number of imide groups is 2. The number of amides is 7. The zero-order chi connectivity index (χ0) is 51.9. The van der Waals surface area contributed by atoms with E-state index in [9.17, 15) is 43.2 Å². The number of carbonyl (C=O) groups excluding carboxylic acids is 9. The highest BCUT2D eigenvalue weighted by atomic mass is 16.5. The number of piperidine rings is 1. The number of aromatic nitrogens is 4. The van der Waals surface area contributed by atoms with Crippen molar-refractivity contribution in [2.75, 3.05) is 56.0 Å². The van der Waals surface area contributed by atoms with Crippen molar-refractivity contribution >= 4 is 87.6 Å². The fourth-order valence-electron chi connectivity index (χ4n) is 8.26. The van der Waals surface area contributed by atoms with E-state index in [0.29, 0.717) is 36.5 Å². The topological polar surface area (TPSA) is 342 Å². The van der Waals surface area contributed by atoms with Gasteiger partial charge in [-0.2, -0.15) is 9.97 Å². The number of carbonyl (C=O) groups is 9. The predicted octanol–water partition coefficient (Wildman–Crippen LogP) is 1.68. The van der Waals surface area contributed by atoms with Gasteiger partial charge in [0.2, 0.25) is 29.6 Å². The molecule has 24 nitrogen and oxygen atoms in total. The Labute approximate surface area is 414 Å². The van der Waals surface area contributed by atoms with E-state index in [4.69, 9.17) is 20.9 Å². The number of hydrogen-bond acceptors (Lipinski definition) is 19. The van der Waals surface area contributed by atoms with Gasteiger partial charge in [-0.15, -0.1) is 0 Å². The molecule has 2 aliphatic rings. The van der Waals surface area contributed by atoms with Crippen LogP contribution >= 0.6 is 0 Å². The number of unbranched alkanes of at least 4 members (excludes halogenated alkanes) is 5. The van der Waals surface area contributed by atoms with Gasteiger partial charge in [0, 0.05) is 56.3 Å². The lowest BCUT2D eigenvalue weighted by atomic mass is 10.0. The molecular formula is C48H59N13O11. The van der Waals surface area contributed by atoms with Crippen LogP contribution in [0.2, 0.25) is 0 Å². The zero-order valence-electron chi connectivity index (χ0n) is 40.3. The Morgan fingerprint density at radius 3 is 2.14 bits per heavy atom. The van der Waals surface area contributed by atoms with Gasteiger partial charge in [-0.3, -0.25) is 43.8 Å². The quantitative estimate of drug-likeness (QED) is 0.0282. The van der Waals surface area contributed by atoms with Gasteiger partial charge in [0.1, 0.15) is 18.1 Å². The first-order valence-electron chi connectivity index (χ1n) is 23.5. The number of nitrogen functional groups attached to an aromatic ring is 2. The molecule has 1 saturated heterocycles. The summed E-state index contributed by atoms with van der Waals surface area (Å²) >= 11 is 0. The molecule has 0 saturated carbocycles. The average molecular weight is 994 g/mol. The number of nitrogens with zero attached hydrogens (tertiary/aromatic N) is 6. The summed E-state index contributed by atoms with van der Waals surface area (Å²) < 4.78 is 9.73. The molecule has 7 amide bonds. The Bertz CT molecular complexity index is 2700. The molecule has 0 radical (unpaired) electrons. The molecule has 2 aliphatic heterocycles. The first-order valence-corrected chi connectivity index (χ1v) is 23.5. The number of ether oxygens (including phenoxy) is 2. The van der Waals surface area contributed by atoms with E-state index >= 15 is 0 Å². The highest BCUT2D eigenvalue weighted by Crippen LogP contribution is 2.32. The first-order chi connectivity index (χ1) is 34.6. The molecule has 24 heteroatoms. The van der Waals surface area contributed by atoms with E-state index in [1.54, 1.807) is 48.7 Å². The minimum absolute atomic E-state index is 0.00765. The Kier molecular flexibility index (Phi) is 18.4. The van der Waals surface area contributed by atoms with E-state index in [1.807, 2.05) is 11.9 Å². The number of nitrogens with one attached hydrogen (secondary N) is 5. The standard InChI is InChI=1S/C48H59N13O11/c1-60(26-28-25-53-41-39(54-28)40(49)58-48(50)59-41)29-15-13-27(14-16-29)42(65)56-33(47(70)72-3)18-21-36(63)55-32(46(69)71-2)17-20-35(62)52-24-9-7-5-4-6-8-23-51-31-12-10-11-30-38(31)45(68)61(44(30)67)34-19-22-37(64)57-43(34)66/h10-16,25,32-34,51H,4-9,17-24,26H2,1-3H3,(H,52,62)(H,55,63)(H,56,65)(H,57,64,66)(H4,49,50,53,58,59)/t32-,33-,34?/m1/s1. The minimum Gasteiger partial charge on any atom is -0.467 e. The number of hydrogen-bond donors (Lipinski definition) is 7. The number of anilines is 4. The van der Waals surface area contributed by atoms with Crippen molar-refractivity contribution in [3.63, 3.8) is 0 Å². The van der Waals surface area contributed by atoms with Crippen LogP contribution in [0.1, 0.15) is 114 Å². The third kappa shape index (κ3) is 13.7. The van der Waals surface area contributed by atoms with Gasteiger partial charge in [0.25, 0.3) is 17.7 Å². The molecule has 1 fully saturated rings. The maximum absolute atomic E-state index is 13.3. The van der Waals surface area contributed by atoms with Crippen LogP contribution in [0.25, 0.3) is 11.2 Å². The predicted molar refractivity (Wildman–Crippen MR) is 261 cm³/mol. The second kappa shape index (κ2) is 25.0. The molecule has 0 aliphatic carbocycles. The summed E-state index contributed by atoms with van der Waals surface area (Å²) in [6.07, 6.45) is 6.28. The van der Waals surface area contributed by atoms with Gasteiger partial charge in [-0.25, -0.2) is 19.6 Å². The minimum atomic E-state index is -1.20. The largest absolute Gasteiger partial charge is 0.467 e. The number of rotatable bonds is 25. The van der Waals surface area contributed by atoms with Crippen LogP contribution in [0.3, 0.4) is 0 Å². The summed E-state index contributed by atoms with van der Waals surface area (Å²) in [5.74, 6) is -5.15. The second-order valence-corrected chi connectivity index (χ2v) is 17.2. The molecule has 4 heterocycles. The van der Waals surface area contributed by atoms with Crippen LogP contribution in [0.15, 0.2) is 48.7 Å². The Morgan fingerprint density at radius 2 is 1.46 bits per heavy atom. The molecule has 0 bridgehead atoms. The van der Waals surface area contributed by atoms with E-state index < -0.39 is 65.5 Å². The highest BCUT2D eigenvalue weighted by Gasteiger charge is 2.45. The Morgan fingerprint density at radius 1 is 0.806 bits per heavy atom. The van der Waals surface area contributed by atoms with Crippen molar-refractivity contribution in [3.8, 4) is 0 Å². The van der Waals surface area contributed by atoms with Crippen molar-refractivity contribution in [2.45, 2.75) is 102 Å². The Hall–Kier alpha value is -8.31. The van der Waals surface area contributed by atoms with E-state index in [1.165, 1.54) is 0 Å². The van der Waals surface area contributed by atoms with Crippen molar-refractivity contribution in [3.05, 3.63) is 71.0 Å². The summed E-state index contributed by atoms with van der Waals surface area (Å²) in [5, 5.41) is 13.5. The van der Waals surface area contributed by atoms with Crippen LogP contribution in [0.4, 0.5) is 23.1 Å². The van der Waals surface area contributed by atoms with Crippen molar-refractivity contribution in [2.24, 2.45) is 0 Å².